The summed E-state index contributed by atoms with van der Waals surface area (Å²) in [6.07, 6.45) is 2.42. The van der Waals surface area contributed by atoms with Crippen LogP contribution in [0.25, 0.3) is 0 Å². The van der Waals surface area contributed by atoms with Gasteiger partial charge in [-0.15, -0.1) is 0 Å². The van der Waals surface area contributed by atoms with Gasteiger partial charge in [0, 0.05) is 0 Å². The summed E-state index contributed by atoms with van der Waals surface area (Å²) >= 11 is 0. The van der Waals surface area contributed by atoms with Gasteiger partial charge in [0.25, 0.3) is 0 Å². The quantitative estimate of drug-likeness (QED) is 0.505. The molecule has 10 heavy (non-hydrogen) atoms. The minimum absolute atomic E-state index is 0. The van der Waals surface area contributed by atoms with Crippen LogP contribution in [-0.2, 0) is 0 Å². The number of quaternary nitrogens is 2. The van der Waals surface area contributed by atoms with Crippen molar-refractivity contribution in [1.82, 2.24) is 0 Å². The molecule has 0 aromatic carbocycles. The van der Waals surface area contributed by atoms with E-state index >= 15 is 0 Å². The standard InChI is InChI=1S/2C3H9N.2BrH/c2*1-2-3-4;;/h2*2-4H2,1H3;2*1H. The lowest BCUT2D eigenvalue weighted by atomic mass is 10.5. The zero-order chi connectivity index (χ0) is 6.83. The predicted molar refractivity (Wildman–Crippen MR) is 36.1 cm³/mol. The van der Waals surface area contributed by atoms with E-state index < -0.39 is 0 Å². The Hall–Kier alpha value is 0.880. The fourth-order valence-electron chi connectivity index (χ4n) is 0. The van der Waals surface area contributed by atoms with Gasteiger partial charge in [0.2, 0.25) is 0 Å². The van der Waals surface area contributed by atoms with Gasteiger partial charge in [-0.25, -0.2) is 0 Å². The van der Waals surface area contributed by atoms with Crippen LogP contribution in [-0.4, -0.2) is 13.1 Å². The zero-order valence-electron chi connectivity index (χ0n) is 7.00. The smallest absolute Gasteiger partial charge is 0.0737 e. The number of halogens is 2. The summed E-state index contributed by atoms with van der Waals surface area (Å²) in [5.41, 5.74) is 7.21. The Labute approximate surface area is 85.3 Å². The van der Waals surface area contributed by atoms with Crippen LogP contribution in [0.1, 0.15) is 26.7 Å². The molecular formula is C6H20Br2N2. The van der Waals surface area contributed by atoms with E-state index in [1.54, 1.807) is 0 Å². The summed E-state index contributed by atoms with van der Waals surface area (Å²) in [5.74, 6) is 0. The topological polar surface area (TPSA) is 55.3 Å². The Morgan fingerprint density at radius 3 is 0.900 bits per heavy atom. The molecule has 0 saturated heterocycles. The van der Waals surface area contributed by atoms with Crippen molar-refractivity contribution in [2.75, 3.05) is 13.1 Å². The molecule has 0 bridgehead atoms. The second-order valence-electron chi connectivity index (χ2n) is 1.71. The van der Waals surface area contributed by atoms with E-state index in [2.05, 4.69) is 25.3 Å². The average Bonchev–Trinajstić information content (AvgIpc) is 1.88. The molecule has 0 spiro atoms. The Balaban J connectivity index is -0.0000000300. The van der Waals surface area contributed by atoms with E-state index in [4.69, 9.17) is 0 Å². The number of hydrogen-bond acceptors (Lipinski definition) is 0. The SMILES string of the molecule is CCC[NH3+].CCC[NH3+].[Br-].[Br-]. The molecule has 0 amide bonds. The number of rotatable bonds is 2. The lowest BCUT2D eigenvalue weighted by Gasteiger charge is -1.66. The molecule has 0 aliphatic rings. The zero-order valence-corrected chi connectivity index (χ0v) is 10.2. The van der Waals surface area contributed by atoms with E-state index in [-0.39, 0.29) is 34.0 Å². The first kappa shape index (κ1) is 22.4. The van der Waals surface area contributed by atoms with Crippen molar-refractivity contribution >= 4 is 0 Å². The van der Waals surface area contributed by atoms with Crippen LogP contribution < -0.4 is 45.4 Å². The van der Waals surface area contributed by atoms with E-state index in [0.29, 0.717) is 0 Å². The number of hydrogen-bond donors (Lipinski definition) is 2. The van der Waals surface area contributed by atoms with Crippen molar-refractivity contribution < 1.29 is 45.4 Å². The van der Waals surface area contributed by atoms with Crippen molar-refractivity contribution in [3.63, 3.8) is 0 Å². The van der Waals surface area contributed by atoms with E-state index in [0.717, 1.165) is 13.1 Å². The van der Waals surface area contributed by atoms with E-state index in [1.165, 1.54) is 12.8 Å². The fraction of sp³-hybridized carbons (Fsp3) is 1.00. The molecule has 0 atom stereocenters. The largest absolute Gasteiger partial charge is 1.00 e. The van der Waals surface area contributed by atoms with Crippen LogP contribution in [0.4, 0.5) is 0 Å². The molecule has 0 heterocycles. The molecule has 0 fully saturated rings. The summed E-state index contributed by atoms with van der Waals surface area (Å²) in [5, 5.41) is 0. The van der Waals surface area contributed by atoms with Gasteiger partial charge in [-0.2, -0.15) is 0 Å². The molecule has 0 unspecified atom stereocenters. The molecule has 0 aromatic rings. The van der Waals surface area contributed by atoms with E-state index in [1.807, 2.05) is 0 Å². The highest BCUT2D eigenvalue weighted by atomic mass is 79.9. The van der Waals surface area contributed by atoms with Gasteiger partial charge in [0.15, 0.2) is 0 Å². The van der Waals surface area contributed by atoms with Crippen molar-refractivity contribution in [2.45, 2.75) is 26.7 Å². The highest BCUT2D eigenvalue weighted by molar-refractivity contribution is 4.08. The second-order valence-corrected chi connectivity index (χ2v) is 1.71. The molecule has 6 N–H and O–H groups in total. The minimum atomic E-state index is 0. The molecule has 0 rings (SSSR count). The van der Waals surface area contributed by atoms with Crippen LogP contribution in [0.5, 0.6) is 0 Å². The van der Waals surface area contributed by atoms with E-state index in [9.17, 15) is 0 Å². The third-order valence-corrected chi connectivity index (χ3v) is 0.707. The molecule has 0 aromatic heterocycles. The molecule has 0 aliphatic carbocycles. The molecule has 4 heteroatoms. The third kappa shape index (κ3) is 66.5. The molecule has 0 radical (unpaired) electrons. The van der Waals surface area contributed by atoms with Crippen LogP contribution >= 0.6 is 0 Å². The van der Waals surface area contributed by atoms with Crippen molar-refractivity contribution in [3.8, 4) is 0 Å². The van der Waals surface area contributed by atoms with Gasteiger partial charge < -0.3 is 45.4 Å². The van der Waals surface area contributed by atoms with Crippen LogP contribution in [0.15, 0.2) is 0 Å². The van der Waals surface area contributed by atoms with Crippen molar-refractivity contribution in [1.29, 1.82) is 0 Å². The van der Waals surface area contributed by atoms with Crippen LogP contribution in [0.2, 0.25) is 0 Å². The molecular weight excluding hydrogens is 260 g/mol. The Kier molecular flexibility index (Phi) is 73.4. The maximum absolute atomic E-state index is 3.60. The summed E-state index contributed by atoms with van der Waals surface area (Å²) in [4.78, 5) is 0. The lowest BCUT2D eigenvalue weighted by Crippen LogP contribution is -3.00. The summed E-state index contributed by atoms with van der Waals surface area (Å²) in [6, 6.07) is 0. The summed E-state index contributed by atoms with van der Waals surface area (Å²) in [6.45, 7) is 6.38. The average molecular weight is 280 g/mol. The monoisotopic (exact) mass is 278 g/mol. The molecule has 0 saturated carbocycles. The molecule has 0 aliphatic heterocycles. The second kappa shape index (κ2) is 32.7. The maximum Gasteiger partial charge on any atom is 0.0737 e. The Morgan fingerprint density at radius 1 is 0.800 bits per heavy atom. The molecule has 68 valence electrons. The summed E-state index contributed by atoms with van der Waals surface area (Å²) < 4.78 is 0. The predicted octanol–water partition coefficient (Wildman–Crippen LogP) is -6.72. The Bertz CT molecular complexity index is 21.7. The van der Waals surface area contributed by atoms with Crippen molar-refractivity contribution in [3.05, 3.63) is 0 Å². The van der Waals surface area contributed by atoms with Gasteiger partial charge in [-0.1, -0.05) is 13.8 Å². The van der Waals surface area contributed by atoms with Gasteiger partial charge in [0.05, 0.1) is 13.1 Å². The fourth-order valence-corrected chi connectivity index (χ4v) is 0. The maximum atomic E-state index is 3.60. The summed E-state index contributed by atoms with van der Waals surface area (Å²) in [7, 11) is 0. The lowest BCUT2D eigenvalue weighted by molar-refractivity contribution is -0.367. The van der Waals surface area contributed by atoms with Crippen molar-refractivity contribution in [2.24, 2.45) is 0 Å². The van der Waals surface area contributed by atoms with Gasteiger partial charge in [-0.3, -0.25) is 0 Å². The third-order valence-electron chi connectivity index (χ3n) is 0.707. The normalized spacial score (nSPS) is 6.00. The van der Waals surface area contributed by atoms with Crippen LogP contribution in [0.3, 0.4) is 0 Å². The van der Waals surface area contributed by atoms with Gasteiger partial charge in [-0.05, 0) is 12.8 Å². The minimum Gasteiger partial charge on any atom is -1.00 e. The highest BCUT2D eigenvalue weighted by Crippen LogP contribution is 1.55. The van der Waals surface area contributed by atoms with Gasteiger partial charge >= 0.3 is 0 Å². The highest BCUT2D eigenvalue weighted by Gasteiger charge is 1.60. The first-order chi connectivity index (χ1) is 3.83. The van der Waals surface area contributed by atoms with Crippen LogP contribution in [0, 0.1) is 0 Å². The first-order valence-electron chi connectivity index (χ1n) is 3.41. The Morgan fingerprint density at radius 2 is 0.900 bits per heavy atom. The first-order valence-corrected chi connectivity index (χ1v) is 3.41. The molecule has 2 nitrogen and oxygen atoms in total. The van der Waals surface area contributed by atoms with Gasteiger partial charge in [0.1, 0.15) is 0 Å².